The predicted octanol–water partition coefficient (Wildman–Crippen LogP) is 11.3. The van der Waals surface area contributed by atoms with Crippen LogP contribution in [0.4, 0.5) is 0 Å². The van der Waals surface area contributed by atoms with Gasteiger partial charge >= 0.3 is 0 Å². The zero-order valence-corrected chi connectivity index (χ0v) is 23.7. The van der Waals surface area contributed by atoms with Gasteiger partial charge in [0.2, 0.25) is 0 Å². The van der Waals surface area contributed by atoms with E-state index in [1.807, 2.05) is 6.07 Å². The Kier molecular flexibility index (Phi) is 4.60. The lowest BCUT2D eigenvalue weighted by Crippen LogP contribution is -1.95. The molecule has 0 spiro atoms. The molecule has 3 heterocycles. The predicted molar refractivity (Wildman–Crippen MR) is 182 cm³/mol. The van der Waals surface area contributed by atoms with Crippen molar-refractivity contribution in [2.45, 2.75) is 0 Å². The molecule has 10 aromatic rings. The van der Waals surface area contributed by atoms with Crippen LogP contribution < -0.4 is 0 Å². The summed E-state index contributed by atoms with van der Waals surface area (Å²) in [6.07, 6.45) is 0. The number of hydrogen-bond donors (Lipinski definition) is 0. The molecule has 0 aliphatic carbocycles. The first-order chi connectivity index (χ1) is 21.3. The van der Waals surface area contributed by atoms with Gasteiger partial charge in [-0.2, -0.15) is 0 Å². The summed E-state index contributed by atoms with van der Waals surface area (Å²) in [6, 6.07) is 47.5. The van der Waals surface area contributed by atoms with Gasteiger partial charge in [0.25, 0.3) is 0 Å². The van der Waals surface area contributed by atoms with Crippen LogP contribution in [0, 0.1) is 0 Å². The molecule has 0 saturated heterocycles. The Morgan fingerprint density at radius 3 is 2.23 bits per heavy atom. The molecule has 0 radical (unpaired) electrons. The Morgan fingerprint density at radius 1 is 0.535 bits per heavy atom. The highest BCUT2D eigenvalue weighted by molar-refractivity contribution is 7.22. The molecule has 0 fully saturated rings. The number of benzene rings is 7. The lowest BCUT2D eigenvalue weighted by Gasteiger charge is -2.13. The lowest BCUT2D eigenvalue weighted by molar-refractivity contribution is 0.673. The van der Waals surface area contributed by atoms with Crippen molar-refractivity contribution in [3.05, 3.63) is 133 Å². The van der Waals surface area contributed by atoms with E-state index in [1.54, 1.807) is 11.3 Å². The van der Waals surface area contributed by atoms with E-state index in [9.17, 15) is 0 Å². The fraction of sp³-hybridized carbons (Fsp3) is 0. The third-order valence-electron chi connectivity index (χ3n) is 8.81. The van der Waals surface area contributed by atoms with Crippen LogP contribution in [0.1, 0.15) is 0 Å². The first-order valence-corrected chi connectivity index (χ1v) is 15.3. The number of aromatic nitrogens is 2. The fourth-order valence-electron chi connectivity index (χ4n) is 6.94. The standard InChI is InChI=1S/C39H22N2OS/c1-2-9-24(10-3-1)39-40-30-21-18-23-17-19-25-27(35(23)38(30)43-39)13-8-15-31(25)41-32-14-6-4-12-29(32)36-33(41)22-20-28-26-11-5-7-16-34(26)42-37(28)36/h1-22H. The monoisotopic (exact) mass is 566 g/mol. The van der Waals surface area contributed by atoms with Crippen molar-refractivity contribution in [2.75, 3.05) is 0 Å². The summed E-state index contributed by atoms with van der Waals surface area (Å²) in [5.74, 6) is 0. The quantitative estimate of drug-likeness (QED) is 0.195. The number of para-hydroxylation sites is 2. The molecule has 0 aliphatic rings. The van der Waals surface area contributed by atoms with E-state index in [2.05, 4.69) is 132 Å². The summed E-state index contributed by atoms with van der Waals surface area (Å²) in [5, 5.41) is 10.6. The lowest BCUT2D eigenvalue weighted by atomic mass is 10.00. The summed E-state index contributed by atoms with van der Waals surface area (Å²) >= 11 is 1.78. The fourth-order valence-corrected chi connectivity index (χ4v) is 8.08. The van der Waals surface area contributed by atoms with Crippen molar-refractivity contribution < 1.29 is 4.42 Å². The van der Waals surface area contributed by atoms with Gasteiger partial charge < -0.3 is 8.98 Å². The van der Waals surface area contributed by atoms with E-state index < -0.39 is 0 Å². The maximum absolute atomic E-state index is 6.54. The van der Waals surface area contributed by atoms with Crippen molar-refractivity contribution in [3.63, 3.8) is 0 Å². The van der Waals surface area contributed by atoms with E-state index in [0.29, 0.717) is 0 Å². The van der Waals surface area contributed by atoms with Crippen LogP contribution in [0.2, 0.25) is 0 Å². The molecule has 10 rings (SSSR count). The molecule has 3 nitrogen and oxygen atoms in total. The van der Waals surface area contributed by atoms with Crippen molar-refractivity contribution in [3.8, 4) is 16.3 Å². The summed E-state index contributed by atoms with van der Waals surface area (Å²) < 4.78 is 10.2. The molecule has 200 valence electrons. The topological polar surface area (TPSA) is 31.0 Å². The number of nitrogens with zero attached hydrogens (tertiary/aromatic N) is 2. The molecule has 0 N–H and O–H groups in total. The summed E-state index contributed by atoms with van der Waals surface area (Å²) in [7, 11) is 0. The summed E-state index contributed by atoms with van der Waals surface area (Å²) in [4.78, 5) is 5.04. The van der Waals surface area contributed by atoms with Gasteiger partial charge in [0.15, 0.2) is 0 Å². The number of furan rings is 1. The highest BCUT2D eigenvalue weighted by Crippen LogP contribution is 2.43. The second-order valence-electron chi connectivity index (χ2n) is 11.1. The third kappa shape index (κ3) is 3.16. The smallest absolute Gasteiger partial charge is 0.145 e. The van der Waals surface area contributed by atoms with Crippen LogP contribution in [0.25, 0.3) is 91.8 Å². The minimum absolute atomic E-state index is 0.918. The van der Waals surface area contributed by atoms with Gasteiger partial charge in [-0.05, 0) is 47.2 Å². The Labute approximate surface area is 249 Å². The van der Waals surface area contributed by atoms with Gasteiger partial charge in [0, 0.05) is 32.5 Å². The van der Waals surface area contributed by atoms with Crippen molar-refractivity contribution >= 4 is 86.8 Å². The maximum atomic E-state index is 6.54. The number of fused-ring (bicyclic) bond motifs is 12. The normalized spacial score (nSPS) is 12.2. The molecule has 3 aromatic heterocycles. The zero-order chi connectivity index (χ0) is 28.1. The van der Waals surface area contributed by atoms with Gasteiger partial charge in [0.05, 0.1) is 32.3 Å². The van der Waals surface area contributed by atoms with Gasteiger partial charge in [-0.25, -0.2) is 4.98 Å². The van der Waals surface area contributed by atoms with Crippen molar-refractivity contribution in [1.82, 2.24) is 9.55 Å². The van der Waals surface area contributed by atoms with E-state index in [4.69, 9.17) is 9.40 Å². The molecule has 43 heavy (non-hydrogen) atoms. The summed E-state index contributed by atoms with van der Waals surface area (Å²) in [5.41, 5.74) is 7.52. The molecule has 0 saturated carbocycles. The van der Waals surface area contributed by atoms with E-state index in [-0.39, 0.29) is 0 Å². The van der Waals surface area contributed by atoms with Crippen LogP contribution in [0.5, 0.6) is 0 Å². The van der Waals surface area contributed by atoms with Crippen LogP contribution >= 0.6 is 11.3 Å². The first-order valence-electron chi connectivity index (χ1n) is 14.5. The Balaban J connectivity index is 1.31. The Morgan fingerprint density at radius 2 is 1.30 bits per heavy atom. The highest BCUT2D eigenvalue weighted by Gasteiger charge is 2.20. The number of rotatable bonds is 2. The van der Waals surface area contributed by atoms with E-state index in [1.165, 1.54) is 37.1 Å². The van der Waals surface area contributed by atoms with E-state index in [0.717, 1.165) is 54.6 Å². The minimum Gasteiger partial charge on any atom is -0.455 e. The number of hydrogen-bond acceptors (Lipinski definition) is 3. The average Bonchev–Trinajstić information content (AvgIpc) is 3.76. The molecule has 0 unspecified atom stereocenters. The van der Waals surface area contributed by atoms with E-state index >= 15 is 0 Å². The van der Waals surface area contributed by atoms with Crippen LogP contribution in [0.3, 0.4) is 0 Å². The molecule has 0 aliphatic heterocycles. The van der Waals surface area contributed by atoms with Gasteiger partial charge in [-0.1, -0.05) is 97.1 Å². The molecular formula is C39H22N2OS. The Hall–Kier alpha value is -5.45. The molecule has 0 amide bonds. The van der Waals surface area contributed by atoms with Crippen LogP contribution in [0.15, 0.2) is 138 Å². The molecule has 0 atom stereocenters. The molecular weight excluding hydrogens is 545 g/mol. The van der Waals surface area contributed by atoms with Crippen LogP contribution in [-0.4, -0.2) is 9.55 Å². The van der Waals surface area contributed by atoms with Crippen molar-refractivity contribution in [1.29, 1.82) is 0 Å². The largest absolute Gasteiger partial charge is 0.455 e. The van der Waals surface area contributed by atoms with Gasteiger partial charge in [-0.15, -0.1) is 11.3 Å². The first kappa shape index (κ1) is 23.1. The second-order valence-corrected chi connectivity index (χ2v) is 12.1. The molecule has 7 aromatic carbocycles. The second kappa shape index (κ2) is 8.54. The third-order valence-corrected chi connectivity index (χ3v) is 9.95. The minimum atomic E-state index is 0.918. The SMILES string of the molecule is c1ccc(-c2nc3ccc4ccc5c(-n6c7ccccc7c7c8oc9ccccc9c8ccc76)cccc5c4c3s2)cc1. The summed E-state index contributed by atoms with van der Waals surface area (Å²) in [6.45, 7) is 0. The zero-order valence-electron chi connectivity index (χ0n) is 22.9. The number of thiazole rings is 1. The maximum Gasteiger partial charge on any atom is 0.145 e. The molecule has 4 heteroatoms. The highest BCUT2D eigenvalue weighted by atomic mass is 32.1. The van der Waals surface area contributed by atoms with Gasteiger partial charge in [0.1, 0.15) is 16.2 Å². The molecule has 0 bridgehead atoms. The van der Waals surface area contributed by atoms with Gasteiger partial charge in [-0.3, -0.25) is 0 Å². The van der Waals surface area contributed by atoms with Crippen LogP contribution in [-0.2, 0) is 0 Å². The Bertz CT molecular complexity index is 2730. The van der Waals surface area contributed by atoms with Crippen molar-refractivity contribution in [2.24, 2.45) is 0 Å². The average molecular weight is 567 g/mol.